The van der Waals surface area contributed by atoms with Crippen LogP contribution in [0, 0.1) is 0 Å². The number of ether oxygens (including phenoxy) is 1. The number of hydrogen-bond acceptors (Lipinski definition) is 5. The van der Waals surface area contributed by atoms with Crippen molar-refractivity contribution in [2.75, 3.05) is 25.0 Å². The molecule has 2 amide bonds. The average molecular weight is 574 g/mol. The highest BCUT2D eigenvalue weighted by Crippen LogP contribution is 2.26. The first-order valence-corrected chi connectivity index (χ1v) is 13.4. The van der Waals surface area contributed by atoms with Gasteiger partial charge in [0.05, 0.1) is 17.7 Å². The predicted octanol–water partition coefficient (Wildman–Crippen LogP) is 3.82. The number of likely N-dealkylation sites (N-methyl/N-ethyl adjacent to an activating group) is 1. The Morgan fingerprint density at radius 1 is 0.972 bits per heavy atom. The number of nitrogens with zero attached hydrogens (tertiary/aromatic N) is 2. The molecule has 3 aromatic rings. The molecule has 3 rings (SSSR count). The van der Waals surface area contributed by atoms with Crippen LogP contribution in [0.15, 0.2) is 88.2 Å². The van der Waals surface area contributed by atoms with E-state index in [0.29, 0.717) is 11.4 Å². The molecule has 1 atom stereocenters. The highest BCUT2D eigenvalue weighted by molar-refractivity contribution is 9.10. The third-order valence-corrected chi connectivity index (χ3v) is 7.97. The summed E-state index contributed by atoms with van der Waals surface area (Å²) in [6, 6.07) is 20.8. The van der Waals surface area contributed by atoms with Crippen molar-refractivity contribution < 1.29 is 22.7 Å². The first kappa shape index (κ1) is 27.2. The zero-order valence-electron chi connectivity index (χ0n) is 20.2. The van der Waals surface area contributed by atoms with E-state index in [4.69, 9.17) is 4.74 Å². The molecule has 190 valence electrons. The van der Waals surface area contributed by atoms with Gasteiger partial charge in [-0.25, -0.2) is 8.42 Å². The highest BCUT2D eigenvalue weighted by atomic mass is 79.9. The standard InChI is InChI=1S/C26H28BrN3O5S/c1-19(26(32)28-2)29(17-20-9-11-21(27)12-10-20)25(31)18-30(22-13-15-23(35-3)16-14-22)36(33,34)24-7-5-4-6-8-24/h4-16,19H,17-18H2,1-3H3,(H,28,32)/t19-/m0/s1. The summed E-state index contributed by atoms with van der Waals surface area (Å²) in [5.74, 6) is -0.334. The van der Waals surface area contributed by atoms with E-state index in [1.165, 1.54) is 31.2 Å². The number of hydrogen-bond donors (Lipinski definition) is 1. The van der Waals surface area contributed by atoms with E-state index in [1.54, 1.807) is 49.4 Å². The van der Waals surface area contributed by atoms with Crippen LogP contribution in [0.4, 0.5) is 5.69 Å². The van der Waals surface area contributed by atoms with Crippen LogP contribution in [-0.4, -0.2) is 51.9 Å². The summed E-state index contributed by atoms with van der Waals surface area (Å²) < 4.78 is 34.4. The summed E-state index contributed by atoms with van der Waals surface area (Å²) >= 11 is 3.39. The van der Waals surface area contributed by atoms with Crippen molar-refractivity contribution in [2.45, 2.75) is 24.4 Å². The van der Waals surface area contributed by atoms with Gasteiger partial charge in [-0.2, -0.15) is 0 Å². The number of anilines is 1. The van der Waals surface area contributed by atoms with Gasteiger partial charge in [0.1, 0.15) is 18.3 Å². The summed E-state index contributed by atoms with van der Waals surface area (Å²) in [5.41, 5.74) is 1.09. The fourth-order valence-corrected chi connectivity index (χ4v) is 5.27. The van der Waals surface area contributed by atoms with Crippen LogP contribution in [0.3, 0.4) is 0 Å². The van der Waals surface area contributed by atoms with Crippen molar-refractivity contribution in [3.05, 3.63) is 88.9 Å². The minimum Gasteiger partial charge on any atom is -0.497 e. The van der Waals surface area contributed by atoms with Gasteiger partial charge in [-0.1, -0.05) is 46.3 Å². The molecule has 3 aromatic carbocycles. The number of amides is 2. The van der Waals surface area contributed by atoms with E-state index < -0.39 is 28.5 Å². The van der Waals surface area contributed by atoms with Gasteiger partial charge in [0, 0.05) is 18.1 Å². The third kappa shape index (κ3) is 6.44. The Morgan fingerprint density at radius 2 is 1.58 bits per heavy atom. The van der Waals surface area contributed by atoms with Crippen molar-refractivity contribution in [1.29, 1.82) is 0 Å². The van der Waals surface area contributed by atoms with Gasteiger partial charge >= 0.3 is 0 Å². The lowest BCUT2D eigenvalue weighted by Gasteiger charge is -2.31. The molecule has 1 N–H and O–H groups in total. The third-order valence-electron chi connectivity index (χ3n) is 5.65. The maximum absolute atomic E-state index is 13.7. The molecule has 0 bridgehead atoms. The molecule has 0 aliphatic rings. The van der Waals surface area contributed by atoms with Crippen LogP contribution < -0.4 is 14.4 Å². The van der Waals surface area contributed by atoms with Crippen molar-refractivity contribution in [1.82, 2.24) is 10.2 Å². The lowest BCUT2D eigenvalue weighted by Crippen LogP contribution is -2.50. The molecular weight excluding hydrogens is 546 g/mol. The fraction of sp³-hybridized carbons (Fsp3) is 0.231. The van der Waals surface area contributed by atoms with Crippen molar-refractivity contribution in [3.63, 3.8) is 0 Å². The average Bonchev–Trinajstić information content (AvgIpc) is 2.90. The first-order chi connectivity index (χ1) is 17.2. The normalized spacial score (nSPS) is 11.9. The molecule has 0 aromatic heterocycles. The summed E-state index contributed by atoms with van der Waals surface area (Å²) in [6.45, 7) is 1.24. The second-order valence-corrected chi connectivity index (χ2v) is 10.7. The number of halogens is 1. The maximum Gasteiger partial charge on any atom is 0.264 e. The van der Waals surface area contributed by atoms with E-state index in [9.17, 15) is 18.0 Å². The van der Waals surface area contributed by atoms with Gasteiger partial charge in [-0.3, -0.25) is 13.9 Å². The lowest BCUT2D eigenvalue weighted by atomic mass is 10.1. The zero-order valence-corrected chi connectivity index (χ0v) is 22.6. The number of benzene rings is 3. The Balaban J connectivity index is 2.01. The number of nitrogens with one attached hydrogen (secondary N) is 1. The molecule has 0 fully saturated rings. The van der Waals surface area contributed by atoms with Gasteiger partial charge < -0.3 is 15.0 Å². The van der Waals surface area contributed by atoms with Gasteiger partial charge in [0.25, 0.3) is 10.0 Å². The topological polar surface area (TPSA) is 96.0 Å². The Morgan fingerprint density at radius 3 is 2.14 bits per heavy atom. The molecular formula is C26H28BrN3O5S. The summed E-state index contributed by atoms with van der Waals surface area (Å²) in [4.78, 5) is 27.6. The summed E-state index contributed by atoms with van der Waals surface area (Å²) in [6.07, 6.45) is 0. The van der Waals surface area contributed by atoms with E-state index >= 15 is 0 Å². The Bertz CT molecular complexity index is 1280. The molecule has 10 heteroatoms. The van der Waals surface area contributed by atoms with Crippen molar-refractivity contribution in [2.24, 2.45) is 0 Å². The van der Waals surface area contributed by atoms with Crippen LogP contribution in [-0.2, 0) is 26.2 Å². The van der Waals surface area contributed by atoms with E-state index in [0.717, 1.165) is 14.3 Å². The minimum absolute atomic E-state index is 0.0485. The highest BCUT2D eigenvalue weighted by Gasteiger charge is 2.32. The molecule has 0 aliphatic carbocycles. The molecule has 0 heterocycles. The molecule has 0 unspecified atom stereocenters. The molecule has 0 radical (unpaired) electrons. The lowest BCUT2D eigenvalue weighted by molar-refractivity contribution is -0.139. The SMILES string of the molecule is CNC(=O)[C@H](C)N(Cc1ccc(Br)cc1)C(=O)CN(c1ccc(OC)cc1)S(=O)(=O)c1ccccc1. The smallest absolute Gasteiger partial charge is 0.264 e. The van der Waals surface area contributed by atoms with Crippen LogP contribution in [0.25, 0.3) is 0 Å². The largest absolute Gasteiger partial charge is 0.497 e. The van der Waals surface area contributed by atoms with Gasteiger partial charge in [0.2, 0.25) is 11.8 Å². The molecule has 0 aliphatic heterocycles. The van der Waals surface area contributed by atoms with Crippen LogP contribution >= 0.6 is 15.9 Å². The predicted molar refractivity (Wildman–Crippen MR) is 142 cm³/mol. The van der Waals surface area contributed by atoms with E-state index in [-0.39, 0.29) is 17.3 Å². The Kier molecular flexibility index (Phi) is 9.11. The summed E-state index contributed by atoms with van der Waals surface area (Å²) in [5, 5.41) is 2.56. The number of carbonyl (C=O) groups excluding carboxylic acids is 2. The minimum atomic E-state index is -4.09. The number of carbonyl (C=O) groups is 2. The van der Waals surface area contributed by atoms with Gasteiger partial charge in [-0.05, 0) is 61.0 Å². The number of rotatable bonds is 10. The fourth-order valence-electron chi connectivity index (χ4n) is 3.57. The van der Waals surface area contributed by atoms with Crippen LogP contribution in [0.2, 0.25) is 0 Å². The molecule has 0 spiro atoms. The van der Waals surface area contributed by atoms with E-state index in [2.05, 4.69) is 21.2 Å². The molecule has 0 saturated carbocycles. The zero-order chi connectivity index (χ0) is 26.3. The molecule has 36 heavy (non-hydrogen) atoms. The van der Waals surface area contributed by atoms with Crippen molar-refractivity contribution >= 4 is 43.5 Å². The van der Waals surface area contributed by atoms with Gasteiger partial charge in [-0.15, -0.1) is 0 Å². The Hall–Kier alpha value is -3.37. The second kappa shape index (κ2) is 12.0. The first-order valence-electron chi connectivity index (χ1n) is 11.1. The van der Waals surface area contributed by atoms with Crippen LogP contribution in [0.5, 0.6) is 5.75 Å². The van der Waals surface area contributed by atoms with Gasteiger partial charge in [0.15, 0.2) is 0 Å². The number of sulfonamides is 1. The quantitative estimate of drug-likeness (QED) is 0.398. The maximum atomic E-state index is 13.7. The van der Waals surface area contributed by atoms with Crippen LogP contribution in [0.1, 0.15) is 12.5 Å². The molecule has 8 nitrogen and oxygen atoms in total. The monoisotopic (exact) mass is 573 g/mol. The Labute approximate surface area is 220 Å². The molecule has 0 saturated heterocycles. The summed E-state index contributed by atoms with van der Waals surface area (Å²) in [7, 11) is -1.09. The second-order valence-electron chi connectivity index (χ2n) is 7.96. The number of methoxy groups -OCH3 is 1. The van der Waals surface area contributed by atoms with E-state index in [1.807, 2.05) is 24.3 Å². The van der Waals surface area contributed by atoms with Crippen molar-refractivity contribution in [3.8, 4) is 5.75 Å².